The molecule has 0 aromatic heterocycles. The van der Waals surface area contributed by atoms with Gasteiger partial charge in [-0.2, -0.15) is 0 Å². The number of amides is 3. The first kappa shape index (κ1) is 20.8. The van der Waals surface area contributed by atoms with Gasteiger partial charge in [0, 0.05) is 32.1 Å². The van der Waals surface area contributed by atoms with Gasteiger partial charge in [-0.15, -0.1) is 0 Å². The van der Waals surface area contributed by atoms with E-state index in [0.29, 0.717) is 25.9 Å². The second kappa shape index (κ2) is 7.37. The van der Waals surface area contributed by atoms with E-state index in [1.165, 1.54) is 12.1 Å². The molecule has 1 spiro atoms. The average Bonchev–Trinajstić information content (AvgIpc) is 3.21. The highest BCUT2D eigenvalue weighted by Gasteiger charge is 2.53. The maximum absolute atomic E-state index is 13.2. The molecular formula is C21H27N3O5S. The van der Waals surface area contributed by atoms with Gasteiger partial charge >= 0.3 is 0 Å². The van der Waals surface area contributed by atoms with Gasteiger partial charge in [-0.05, 0) is 51.7 Å². The number of benzene rings is 1. The van der Waals surface area contributed by atoms with Crippen LogP contribution in [-0.2, 0) is 19.6 Å². The summed E-state index contributed by atoms with van der Waals surface area (Å²) in [5, 5.41) is 0. The molecule has 0 saturated carbocycles. The third-order valence-corrected chi connectivity index (χ3v) is 8.34. The Hall–Kier alpha value is -2.42. The van der Waals surface area contributed by atoms with Crippen LogP contribution in [0, 0.1) is 0 Å². The Bertz CT molecular complexity index is 1010. The molecule has 1 atom stereocenters. The molecular weight excluding hydrogens is 406 g/mol. The minimum atomic E-state index is -3.94. The largest absolute Gasteiger partial charge is 0.338 e. The van der Waals surface area contributed by atoms with Crippen molar-refractivity contribution in [2.45, 2.75) is 62.4 Å². The molecule has 1 aromatic rings. The molecule has 4 rings (SSSR count). The summed E-state index contributed by atoms with van der Waals surface area (Å²) in [6.45, 7) is 4.90. The maximum Gasteiger partial charge on any atom is 0.269 e. The Kier molecular flexibility index (Phi) is 5.12. The molecule has 3 aliphatic heterocycles. The predicted octanol–water partition coefficient (Wildman–Crippen LogP) is 1.61. The Morgan fingerprint density at radius 3 is 2.43 bits per heavy atom. The van der Waals surface area contributed by atoms with Crippen molar-refractivity contribution in [2.75, 3.05) is 19.6 Å². The summed E-state index contributed by atoms with van der Waals surface area (Å²) < 4.78 is 26.2. The van der Waals surface area contributed by atoms with Crippen LogP contribution in [0.1, 0.15) is 56.3 Å². The van der Waals surface area contributed by atoms with Gasteiger partial charge in [0.05, 0.1) is 5.56 Å². The number of hydrogen-bond donors (Lipinski definition) is 0. The molecule has 0 N–H and O–H groups in total. The number of fused-ring (bicyclic) bond motifs is 1. The Morgan fingerprint density at radius 1 is 1.10 bits per heavy atom. The Labute approximate surface area is 176 Å². The monoisotopic (exact) mass is 433 g/mol. The van der Waals surface area contributed by atoms with Crippen molar-refractivity contribution in [3.8, 4) is 0 Å². The summed E-state index contributed by atoms with van der Waals surface area (Å²) in [7, 11) is -3.94. The second-order valence-electron chi connectivity index (χ2n) is 8.50. The topological polar surface area (TPSA) is 95.1 Å². The zero-order valence-corrected chi connectivity index (χ0v) is 18.2. The van der Waals surface area contributed by atoms with E-state index < -0.39 is 21.5 Å². The lowest BCUT2D eigenvalue weighted by Gasteiger charge is -2.46. The second-order valence-corrected chi connectivity index (χ2v) is 10.3. The first-order valence-electron chi connectivity index (χ1n) is 10.5. The molecule has 0 radical (unpaired) electrons. The number of likely N-dealkylation sites (tertiary alicyclic amines) is 2. The highest BCUT2D eigenvalue weighted by Crippen LogP contribution is 2.39. The number of sulfonamides is 1. The van der Waals surface area contributed by atoms with Gasteiger partial charge in [-0.3, -0.25) is 14.4 Å². The number of piperidine rings is 1. The van der Waals surface area contributed by atoms with Gasteiger partial charge in [0.15, 0.2) is 0 Å². The number of hydrogen-bond acceptors (Lipinski definition) is 5. The minimum Gasteiger partial charge on any atom is -0.338 e. The molecule has 3 amide bonds. The van der Waals surface area contributed by atoms with E-state index in [1.54, 1.807) is 17.0 Å². The highest BCUT2D eigenvalue weighted by atomic mass is 32.2. The van der Waals surface area contributed by atoms with Crippen molar-refractivity contribution in [3.63, 3.8) is 0 Å². The fraction of sp³-hybridized carbons (Fsp3) is 0.571. The first-order chi connectivity index (χ1) is 14.2. The van der Waals surface area contributed by atoms with E-state index in [2.05, 4.69) is 0 Å². The smallest absolute Gasteiger partial charge is 0.269 e. The number of rotatable bonds is 4. The van der Waals surface area contributed by atoms with E-state index in [-0.39, 0.29) is 41.3 Å². The van der Waals surface area contributed by atoms with Gasteiger partial charge in [0.2, 0.25) is 11.8 Å². The summed E-state index contributed by atoms with van der Waals surface area (Å²) >= 11 is 0. The van der Waals surface area contributed by atoms with E-state index in [9.17, 15) is 22.8 Å². The quantitative estimate of drug-likeness (QED) is 0.719. The number of carbonyl (C=O) groups excluding carboxylic acids is 3. The van der Waals surface area contributed by atoms with Crippen LogP contribution in [-0.4, -0.2) is 71.5 Å². The first-order valence-corrected chi connectivity index (χ1v) is 11.9. The van der Waals surface area contributed by atoms with Crippen LogP contribution in [0.5, 0.6) is 0 Å². The normalized spacial score (nSPS) is 25.5. The van der Waals surface area contributed by atoms with Gasteiger partial charge < -0.3 is 9.80 Å². The van der Waals surface area contributed by atoms with Crippen molar-refractivity contribution in [2.24, 2.45) is 0 Å². The molecule has 162 valence electrons. The van der Waals surface area contributed by atoms with Crippen LogP contribution in [0.15, 0.2) is 29.2 Å². The molecule has 3 heterocycles. The Morgan fingerprint density at radius 2 is 1.77 bits per heavy atom. The lowest BCUT2D eigenvalue weighted by Crippen LogP contribution is -2.62. The van der Waals surface area contributed by atoms with Crippen molar-refractivity contribution >= 4 is 27.7 Å². The predicted molar refractivity (Wildman–Crippen MR) is 109 cm³/mol. The molecule has 3 aliphatic rings. The van der Waals surface area contributed by atoms with Crippen molar-refractivity contribution < 1.29 is 22.8 Å². The fourth-order valence-electron chi connectivity index (χ4n) is 5.02. The van der Waals surface area contributed by atoms with Crippen LogP contribution in [0.2, 0.25) is 0 Å². The molecule has 30 heavy (non-hydrogen) atoms. The van der Waals surface area contributed by atoms with E-state index >= 15 is 0 Å². The third-order valence-electron chi connectivity index (χ3n) is 6.50. The van der Waals surface area contributed by atoms with Crippen LogP contribution in [0.3, 0.4) is 0 Å². The zero-order valence-electron chi connectivity index (χ0n) is 17.3. The molecule has 0 aliphatic carbocycles. The summed E-state index contributed by atoms with van der Waals surface area (Å²) in [4.78, 5) is 42.4. The maximum atomic E-state index is 13.2. The van der Waals surface area contributed by atoms with Crippen molar-refractivity contribution in [1.82, 2.24) is 14.1 Å². The average molecular weight is 434 g/mol. The van der Waals surface area contributed by atoms with Gasteiger partial charge in [0.25, 0.3) is 15.9 Å². The van der Waals surface area contributed by atoms with Gasteiger partial charge in [0.1, 0.15) is 10.4 Å². The van der Waals surface area contributed by atoms with E-state index in [1.807, 2.05) is 18.7 Å². The number of carbonyl (C=O) groups is 3. The van der Waals surface area contributed by atoms with Crippen LogP contribution in [0.25, 0.3) is 0 Å². The van der Waals surface area contributed by atoms with Crippen molar-refractivity contribution in [1.29, 1.82) is 0 Å². The van der Waals surface area contributed by atoms with Crippen LogP contribution < -0.4 is 0 Å². The fourth-order valence-corrected chi connectivity index (χ4v) is 6.59. The zero-order chi connectivity index (χ0) is 21.7. The summed E-state index contributed by atoms with van der Waals surface area (Å²) in [6.07, 6.45) is 2.72. The molecule has 2 fully saturated rings. The SMILES string of the molecule is CC(C)N1CCCC2(CCCN2C(=O)CCN2C(=O)c3ccccc3S2(=O)=O)C1=O. The molecule has 1 unspecified atom stereocenters. The summed E-state index contributed by atoms with van der Waals surface area (Å²) in [6, 6.07) is 6.14. The van der Waals surface area contributed by atoms with E-state index in [0.717, 1.165) is 17.1 Å². The lowest BCUT2D eigenvalue weighted by molar-refractivity contribution is -0.156. The summed E-state index contributed by atoms with van der Waals surface area (Å²) in [5.74, 6) is -0.883. The molecule has 2 saturated heterocycles. The molecule has 0 bridgehead atoms. The lowest BCUT2D eigenvalue weighted by atomic mass is 9.84. The van der Waals surface area contributed by atoms with Crippen LogP contribution >= 0.6 is 0 Å². The minimum absolute atomic E-state index is 0.00752. The third kappa shape index (κ3) is 3.02. The van der Waals surface area contributed by atoms with Gasteiger partial charge in [-0.25, -0.2) is 12.7 Å². The molecule has 8 nitrogen and oxygen atoms in total. The Balaban J connectivity index is 1.51. The highest BCUT2D eigenvalue weighted by molar-refractivity contribution is 7.90. The van der Waals surface area contributed by atoms with Gasteiger partial charge in [-0.1, -0.05) is 12.1 Å². The molecule has 1 aromatic carbocycles. The molecule has 9 heteroatoms. The van der Waals surface area contributed by atoms with Crippen molar-refractivity contribution in [3.05, 3.63) is 29.8 Å². The number of nitrogens with zero attached hydrogens (tertiary/aromatic N) is 3. The summed E-state index contributed by atoms with van der Waals surface area (Å²) in [5.41, 5.74) is -0.686. The van der Waals surface area contributed by atoms with E-state index in [4.69, 9.17) is 0 Å². The van der Waals surface area contributed by atoms with Crippen LogP contribution in [0.4, 0.5) is 0 Å². The standard InChI is InChI=1S/C21H27N3O5S/c1-15(2)22-12-5-10-21(20(22)27)11-6-13-23(21)18(25)9-14-24-19(26)16-7-3-4-8-17(16)30(24,28)29/h3-4,7-8,15H,5-6,9-14H2,1-2H3.